The Labute approximate surface area is 162 Å². The number of benzene rings is 2. The summed E-state index contributed by atoms with van der Waals surface area (Å²) < 4.78 is 16.1. The summed E-state index contributed by atoms with van der Waals surface area (Å²) in [6, 6.07) is 9.25. The van der Waals surface area contributed by atoms with Gasteiger partial charge in [0, 0.05) is 17.7 Å². The molecular formula is C17H9Cl2N3O5. The van der Waals surface area contributed by atoms with Crippen molar-refractivity contribution in [2.45, 2.75) is 0 Å². The molecule has 3 aromatic rings. The van der Waals surface area contributed by atoms with Gasteiger partial charge in [-0.25, -0.2) is 0 Å². The summed E-state index contributed by atoms with van der Waals surface area (Å²) in [5.41, 5.74) is 0.992. The summed E-state index contributed by atoms with van der Waals surface area (Å²) in [5.74, 6) is 1.17. The van der Waals surface area contributed by atoms with Gasteiger partial charge in [0.2, 0.25) is 12.7 Å². The fourth-order valence-electron chi connectivity index (χ4n) is 2.47. The normalized spacial score (nSPS) is 13.0. The molecule has 0 bridgehead atoms. The molecule has 136 valence electrons. The van der Waals surface area contributed by atoms with Gasteiger partial charge in [-0.05, 0) is 29.8 Å². The molecule has 0 N–H and O–H groups in total. The van der Waals surface area contributed by atoms with Crippen LogP contribution in [-0.4, -0.2) is 21.9 Å². The first-order valence-corrected chi connectivity index (χ1v) is 8.32. The van der Waals surface area contributed by atoms with Gasteiger partial charge in [-0.2, -0.15) is 0 Å². The highest BCUT2D eigenvalue weighted by Crippen LogP contribution is 2.40. The van der Waals surface area contributed by atoms with Gasteiger partial charge >= 0.3 is 0 Å². The van der Waals surface area contributed by atoms with E-state index in [2.05, 4.69) is 10.2 Å². The number of ether oxygens (including phenoxy) is 2. The SMILES string of the molecule is O=[N+]([O-])c1cccc(-c2nnc(/C(Cl)=C/c3cc(Cl)c4c(c3)OCO4)o2)c1. The molecule has 1 aliphatic rings. The van der Waals surface area contributed by atoms with Gasteiger partial charge in [-0.1, -0.05) is 29.3 Å². The van der Waals surface area contributed by atoms with Crippen LogP contribution in [0.15, 0.2) is 40.8 Å². The highest BCUT2D eigenvalue weighted by molar-refractivity contribution is 6.50. The van der Waals surface area contributed by atoms with Crippen molar-refractivity contribution in [2.24, 2.45) is 0 Å². The Morgan fingerprint density at radius 1 is 1.22 bits per heavy atom. The standard InChI is InChI=1S/C17H9Cl2N3O5/c18-12-4-9(6-14-15(12)26-8-25-14)5-13(19)17-21-20-16(27-17)10-2-1-3-11(7-10)22(23)24/h1-7H,8H2/b13-5-. The van der Waals surface area contributed by atoms with Gasteiger partial charge in [0.25, 0.3) is 11.6 Å². The van der Waals surface area contributed by atoms with Gasteiger partial charge in [0.15, 0.2) is 11.5 Å². The number of rotatable bonds is 4. The van der Waals surface area contributed by atoms with Crippen LogP contribution in [0.25, 0.3) is 22.6 Å². The minimum Gasteiger partial charge on any atom is -0.454 e. The predicted octanol–water partition coefficient (Wildman–Crippen LogP) is 4.76. The predicted molar refractivity (Wildman–Crippen MR) is 97.7 cm³/mol. The van der Waals surface area contributed by atoms with E-state index in [9.17, 15) is 10.1 Å². The third-order valence-electron chi connectivity index (χ3n) is 3.68. The van der Waals surface area contributed by atoms with Crippen LogP contribution < -0.4 is 9.47 Å². The molecule has 2 heterocycles. The molecular weight excluding hydrogens is 397 g/mol. The lowest BCUT2D eigenvalue weighted by atomic mass is 10.2. The number of fused-ring (bicyclic) bond motifs is 1. The van der Waals surface area contributed by atoms with Crippen LogP contribution >= 0.6 is 23.2 Å². The highest BCUT2D eigenvalue weighted by atomic mass is 35.5. The first-order valence-electron chi connectivity index (χ1n) is 7.56. The van der Waals surface area contributed by atoms with Crippen LogP contribution in [0.2, 0.25) is 5.02 Å². The molecule has 0 radical (unpaired) electrons. The Kier molecular flexibility index (Phi) is 4.43. The first kappa shape index (κ1) is 17.3. The van der Waals surface area contributed by atoms with Crippen molar-refractivity contribution in [1.29, 1.82) is 0 Å². The number of hydrogen-bond acceptors (Lipinski definition) is 7. The van der Waals surface area contributed by atoms with E-state index in [1.54, 1.807) is 24.3 Å². The minimum absolute atomic E-state index is 0.0620. The van der Waals surface area contributed by atoms with Crippen LogP contribution in [0.5, 0.6) is 11.5 Å². The number of halogens is 2. The summed E-state index contributed by atoms with van der Waals surface area (Å²) in [6.07, 6.45) is 1.58. The first-order chi connectivity index (χ1) is 13.0. The van der Waals surface area contributed by atoms with E-state index < -0.39 is 4.92 Å². The van der Waals surface area contributed by atoms with Crippen molar-refractivity contribution < 1.29 is 18.8 Å². The number of nitrogens with zero attached hydrogens (tertiary/aromatic N) is 3. The smallest absolute Gasteiger partial charge is 0.270 e. The lowest BCUT2D eigenvalue weighted by Crippen LogP contribution is -1.93. The van der Waals surface area contributed by atoms with E-state index in [4.69, 9.17) is 37.1 Å². The van der Waals surface area contributed by atoms with E-state index in [0.717, 1.165) is 0 Å². The third-order valence-corrected chi connectivity index (χ3v) is 4.23. The van der Waals surface area contributed by atoms with Crippen molar-refractivity contribution in [1.82, 2.24) is 10.2 Å². The Hall–Kier alpha value is -3.10. The largest absolute Gasteiger partial charge is 0.454 e. The maximum absolute atomic E-state index is 10.9. The average molecular weight is 406 g/mol. The van der Waals surface area contributed by atoms with Crippen LogP contribution in [0.1, 0.15) is 11.5 Å². The fraction of sp³-hybridized carbons (Fsp3) is 0.0588. The van der Waals surface area contributed by atoms with Crippen molar-refractivity contribution in [3.8, 4) is 23.0 Å². The van der Waals surface area contributed by atoms with Crippen molar-refractivity contribution in [2.75, 3.05) is 6.79 Å². The summed E-state index contributed by atoms with van der Waals surface area (Å²) in [7, 11) is 0. The van der Waals surface area contributed by atoms with Gasteiger partial charge in [-0.3, -0.25) is 10.1 Å². The molecule has 0 amide bonds. The van der Waals surface area contributed by atoms with Crippen LogP contribution in [0.4, 0.5) is 5.69 Å². The van der Waals surface area contributed by atoms with Crippen LogP contribution in [-0.2, 0) is 0 Å². The quantitative estimate of drug-likeness (QED) is 0.455. The zero-order chi connectivity index (χ0) is 19.0. The monoisotopic (exact) mass is 405 g/mol. The molecule has 2 aromatic carbocycles. The maximum atomic E-state index is 10.9. The topological polar surface area (TPSA) is 101 Å². The maximum Gasteiger partial charge on any atom is 0.270 e. The number of non-ortho nitro benzene ring substituents is 1. The van der Waals surface area contributed by atoms with Gasteiger partial charge in [0.05, 0.1) is 9.95 Å². The molecule has 10 heteroatoms. The molecule has 8 nitrogen and oxygen atoms in total. The zero-order valence-electron chi connectivity index (χ0n) is 13.4. The van der Waals surface area contributed by atoms with Crippen molar-refractivity contribution in [3.63, 3.8) is 0 Å². The van der Waals surface area contributed by atoms with Gasteiger partial charge < -0.3 is 13.9 Å². The molecule has 27 heavy (non-hydrogen) atoms. The molecule has 0 saturated carbocycles. The van der Waals surface area contributed by atoms with E-state index in [1.165, 1.54) is 18.2 Å². The molecule has 0 unspecified atom stereocenters. The Morgan fingerprint density at radius 2 is 2.07 bits per heavy atom. The molecule has 0 fully saturated rings. The Balaban J connectivity index is 1.63. The van der Waals surface area contributed by atoms with Crippen molar-refractivity contribution >= 4 is 40.0 Å². The second kappa shape index (κ2) is 6.90. The Morgan fingerprint density at radius 3 is 2.89 bits per heavy atom. The molecule has 1 aromatic heterocycles. The molecule has 1 aliphatic heterocycles. The number of hydrogen-bond donors (Lipinski definition) is 0. The van der Waals surface area contributed by atoms with E-state index in [1.807, 2.05) is 0 Å². The lowest BCUT2D eigenvalue weighted by Gasteiger charge is -2.01. The lowest BCUT2D eigenvalue weighted by molar-refractivity contribution is -0.384. The summed E-state index contributed by atoms with van der Waals surface area (Å²) in [4.78, 5) is 10.4. The summed E-state index contributed by atoms with van der Waals surface area (Å²) >= 11 is 12.4. The van der Waals surface area contributed by atoms with E-state index >= 15 is 0 Å². The fourth-order valence-corrected chi connectivity index (χ4v) is 2.94. The van der Waals surface area contributed by atoms with Crippen molar-refractivity contribution in [3.05, 3.63) is 63.0 Å². The van der Waals surface area contributed by atoms with Crippen LogP contribution in [0, 0.1) is 10.1 Å². The zero-order valence-corrected chi connectivity index (χ0v) is 14.9. The Bertz CT molecular complexity index is 1080. The number of nitro groups is 1. The van der Waals surface area contributed by atoms with Gasteiger partial charge in [0.1, 0.15) is 5.03 Å². The highest BCUT2D eigenvalue weighted by Gasteiger charge is 2.19. The third kappa shape index (κ3) is 3.44. The molecule has 0 saturated heterocycles. The second-order valence-electron chi connectivity index (χ2n) is 5.45. The van der Waals surface area contributed by atoms with Crippen LogP contribution in [0.3, 0.4) is 0 Å². The van der Waals surface area contributed by atoms with E-state index in [0.29, 0.717) is 27.6 Å². The summed E-state index contributed by atoms with van der Waals surface area (Å²) in [6.45, 7) is 0.103. The number of nitro benzene ring substituents is 1. The van der Waals surface area contributed by atoms with Gasteiger partial charge in [-0.15, -0.1) is 10.2 Å². The molecule has 0 atom stereocenters. The second-order valence-corrected chi connectivity index (χ2v) is 6.26. The average Bonchev–Trinajstić information content (AvgIpc) is 3.31. The summed E-state index contributed by atoms with van der Waals surface area (Å²) in [5, 5.41) is 19.2. The number of aromatic nitrogens is 2. The molecule has 4 rings (SSSR count). The minimum atomic E-state index is -0.503. The molecule has 0 aliphatic carbocycles. The van der Waals surface area contributed by atoms with E-state index in [-0.39, 0.29) is 29.3 Å². The molecule has 0 spiro atoms.